The zero-order chi connectivity index (χ0) is 42.2. The monoisotopic (exact) mass is 791 g/mol. The van der Waals surface area contributed by atoms with Crippen LogP contribution in [0.25, 0.3) is 22.3 Å². The van der Waals surface area contributed by atoms with Crippen LogP contribution in [0.15, 0.2) is 158 Å². The normalized spacial score (nSPS) is 11.6. The van der Waals surface area contributed by atoms with Crippen molar-refractivity contribution in [2.45, 2.75) is 72.1 Å². The predicted molar refractivity (Wildman–Crippen MR) is 246 cm³/mol. The third kappa shape index (κ3) is 10.1. The topological polar surface area (TPSA) is 77.8 Å². The third-order valence-corrected chi connectivity index (χ3v) is 11.8. The van der Waals surface area contributed by atoms with E-state index >= 15 is 0 Å². The van der Waals surface area contributed by atoms with Gasteiger partial charge in [0.1, 0.15) is 0 Å². The minimum absolute atomic E-state index is 0.0672. The molecular weight excluding hydrogens is 739 g/mol. The van der Waals surface area contributed by atoms with Crippen molar-refractivity contribution in [1.29, 1.82) is 0 Å². The van der Waals surface area contributed by atoms with E-state index in [1.165, 1.54) is 38.9 Å². The summed E-state index contributed by atoms with van der Waals surface area (Å²) in [7, 11) is 0. The number of anilines is 3. The number of hydrogen-bond donors (Lipinski definition) is 2. The second-order valence-electron chi connectivity index (χ2n) is 16.0. The lowest BCUT2D eigenvalue weighted by Crippen LogP contribution is -2.10. The van der Waals surface area contributed by atoms with E-state index < -0.39 is 11.9 Å². The summed E-state index contributed by atoms with van der Waals surface area (Å²) in [4.78, 5) is 24.3. The lowest BCUT2D eigenvalue weighted by Gasteiger charge is -2.26. The first-order valence-electron chi connectivity index (χ1n) is 20.9. The molecule has 0 saturated heterocycles. The molecule has 0 saturated carbocycles. The highest BCUT2D eigenvalue weighted by atomic mass is 16.4. The lowest BCUT2D eigenvalue weighted by molar-refractivity contribution is -0.138. The Hall–Kier alpha value is -6.72. The summed E-state index contributed by atoms with van der Waals surface area (Å²) in [5.74, 6) is -1.45. The van der Waals surface area contributed by atoms with Crippen molar-refractivity contribution in [2.24, 2.45) is 0 Å². The largest absolute Gasteiger partial charge is 0.481 e. The summed E-state index contributed by atoms with van der Waals surface area (Å²) in [6.45, 7) is 8.58. The Balaban J connectivity index is 1.10. The maximum absolute atomic E-state index is 11.0. The first kappa shape index (κ1) is 41.4. The van der Waals surface area contributed by atoms with Gasteiger partial charge >= 0.3 is 11.9 Å². The highest BCUT2D eigenvalue weighted by molar-refractivity contribution is 5.79. The summed E-state index contributed by atoms with van der Waals surface area (Å²) in [6, 6.07) is 56.9. The Morgan fingerprint density at radius 2 is 0.767 bits per heavy atom. The molecule has 0 bridgehead atoms. The fraction of sp³-hybridized carbons (Fsp3) is 0.200. The van der Waals surface area contributed by atoms with Gasteiger partial charge in [0.25, 0.3) is 0 Å². The van der Waals surface area contributed by atoms with E-state index in [0.29, 0.717) is 12.8 Å². The van der Waals surface area contributed by atoms with Crippen molar-refractivity contribution in [3.63, 3.8) is 0 Å². The fourth-order valence-electron chi connectivity index (χ4n) is 7.94. The van der Waals surface area contributed by atoms with Gasteiger partial charge in [-0.05, 0) is 162 Å². The van der Waals surface area contributed by atoms with Gasteiger partial charge in [-0.3, -0.25) is 9.59 Å². The van der Waals surface area contributed by atoms with Gasteiger partial charge in [0.15, 0.2) is 0 Å². The van der Waals surface area contributed by atoms with Gasteiger partial charge in [0.05, 0.1) is 0 Å². The van der Waals surface area contributed by atoms with Crippen molar-refractivity contribution < 1.29 is 19.8 Å². The van der Waals surface area contributed by atoms with Gasteiger partial charge in [0.2, 0.25) is 0 Å². The first-order chi connectivity index (χ1) is 29.0. The third-order valence-electron chi connectivity index (χ3n) is 11.8. The Morgan fingerprint density at radius 3 is 1.22 bits per heavy atom. The lowest BCUT2D eigenvalue weighted by atomic mass is 9.83. The van der Waals surface area contributed by atoms with Crippen molar-refractivity contribution in [1.82, 2.24) is 0 Å². The number of rotatable bonds is 16. The Kier molecular flexibility index (Phi) is 13.1. The quantitative estimate of drug-likeness (QED) is 0.0953. The number of aliphatic carboxylic acids is 2. The van der Waals surface area contributed by atoms with Gasteiger partial charge in [-0.25, -0.2) is 0 Å². The minimum Gasteiger partial charge on any atom is -0.481 e. The molecule has 1 unspecified atom stereocenters. The first-order valence-corrected chi connectivity index (χ1v) is 20.9. The standard InChI is InChI=1S/C55H53NO4/c1-37-11-17-49(35-39(37)3)55(47-18-13-41(14-19-47)7-5-9-53(57)58)48-26-24-45(25-27-48)43-20-22-44(23-21-43)46-28-33-51(34-29-46)56(52-30-12-38(2)40(4)36-52)50-31-15-42(16-32-50)8-6-10-54(59)60/h11-36,55H,5-10H2,1-4H3,(H,57,58)(H,59,60). The van der Waals surface area contributed by atoms with Crippen LogP contribution < -0.4 is 4.90 Å². The Morgan fingerprint density at radius 1 is 0.417 bits per heavy atom. The SMILES string of the molecule is Cc1ccc(C(c2ccc(CCCC(=O)O)cc2)c2ccc(-c3ccc(-c4ccc(N(c5ccc(CCCC(=O)O)cc5)c5ccc(C)c(C)c5)cc4)cc3)cc2)cc1C. The molecule has 0 aliphatic carbocycles. The molecule has 0 fully saturated rings. The summed E-state index contributed by atoms with van der Waals surface area (Å²) in [5.41, 5.74) is 18.8. The van der Waals surface area contributed by atoms with Crippen LogP contribution in [0, 0.1) is 27.7 Å². The Labute approximate surface area is 354 Å². The van der Waals surface area contributed by atoms with Crippen molar-refractivity contribution >= 4 is 29.0 Å². The van der Waals surface area contributed by atoms with Crippen LogP contribution in [-0.2, 0) is 22.4 Å². The minimum atomic E-state index is -0.760. The number of nitrogens with zero attached hydrogens (tertiary/aromatic N) is 1. The molecular formula is C55H53NO4. The number of carbonyl (C=O) groups is 2. The number of carboxylic acids is 2. The van der Waals surface area contributed by atoms with Gasteiger partial charge in [0, 0.05) is 35.8 Å². The molecule has 7 aromatic carbocycles. The fourth-order valence-corrected chi connectivity index (χ4v) is 7.94. The molecule has 0 aromatic heterocycles. The average Bonchev–Trinajstić information content (AvgIpc) is 3.25. The van der Waals surface area contributed by atoms with Crippen molar-refractivity contribution in [2.75, 3.05) is 4.90 Å². The van der Waals surface area contributed by atoms with Crippen LogP contribution in [0.1, 0.15) is 81.7 Å². The summed E-state index contributed by atoms with van der Waals surface area (Å²) < 4.78 is 0. The van der Waals surface area contributed by atoms with Crippen LogP contribution in [0.3, 0.4) is 0 Å². The number of aryl methyl sites for hydroxylation is 6. The maximum Gasteiger partial charge on any atom is 0.303 e. The van der Waals surface area contributed by atoms with E-state index in [4.69, 9.17) is 10.2 Å². The highest BCUT2D eigenvalue weighted by Gasteiger charge is 2.19. The molecule has 7 rings (SSSR count). The van der Waals surface area contributed by atoms with E-state index in [-0.39, 0.29) is 18.8 Å². The molecule has 7 aromatic rings. The molecule has 302 valence electrons. The van der Waals surface area contributed by atoms with Crippen LogP contribution in [0.4, 0.5) is 17.1 Å². The maximum atomic E-state index is 11.0. The molecule has 0 spiro atoms. The molecule has 0 radical (unpaired) electrons. The highest BCUT2D eigenvalue weighted by Crippen LogP contribution is 2.38. The summed E-state index contributed by atoms with van der Waals surface area (Å²) >= 11 is 0. The molecule has 5 heteroatoms. The van der Waals surface area contributed by atoms with Gasteiger partial charge in [-0.2, -0.15) is 0 Å². The molecule has 60 heavy (non-hydrogen) atoms. The summed E-state index contributed by atoms with van der Waals surface area (Å²) in [5, 5.41) is 18.1. The van der Waals surface area contributed by atoms with Gasteiger partial charge in [-0.15, -0.1) is 0 Å². The zero-order valence-electron chi connectivity index (χ0n) is 35.0. The second-order valence-corrected chi connectivity index (χ2v) is 16.0. The summed E-state index contributed by atoms with van der Waals surface area (Å²) in [6.07, 6.45) is 3.10. The van der Waals surface area contributed by atoms with E-state index in [1.54, 1.807) is 0 Å². The van der Waals surface area contributed by atoms with Crippen LogP contribution >= 0.6 is 0 Å². The van der Waals surface area contributed by atoms with E-state index in [9.17, 15) is 9.59 Å². The van der Waals surface area contributed by atoms with Crippen LogP contribution in [0.5, 0.6) is 0 Å². The van der Waals surface area contributed by atoms with Crippen LogP contribution in [0.2, 0.25) is 0 Å². The molecule has 0 aliphatic rings. The smallest absolute Gasteiger partial charge is 0.303 e. The molecule has 0 heterocycles. The molecule has 0 amide bonds. The number of carboxylic acid groups (broad SMARTS) is 2. The van der Waals surface area contributed by atoms with Crippen LogP contribution in [-0.4, -0.2) is 22.2 Å². The molecule has 5 nitrogen and oxygen atoms in total. The number of benzene rings is 7. The average molecular weight is 792 g/mol. The van der Waals surface area contributed by atoms with Crippen molar-refractivity contribution in [3.8, 4) is 22.3 Å². The van der Waals surface area contributed by atoms with E-state index in [0.717, 1.165) is 63.3 Å². The van der Waals surface area contributed by atoms with E-state index in [1.807, 2.05) is 0 Å². The molecule has 2 N–H and O–H groups in total. The van der Waals surface area contributed by atoms with Gasteiger partial charge < -0.3 is 15.1 Å². The van der Waals surface area contributed by atoms with Crippen molar-refractivity contribution in [3.05, 3.63) is 208 Å². The predicted octanol–water partition coefficient (Wildman–Crippen LogP) is 13.7. The Bertz CT molecular complexity index is 2370. The van der Waals surface area contributed by atoms with E-state index in [2.05, 4.69) is 190 Å². The van der Waals surface area contributed by atoms with Gasteiger partial charge in [-0.1, -0.05) is 121 Å². The molecule has 1 atom stereocenters. The molecule has 0 aliphatic heterocycles. The zero-order valence-corrected chi connectivity index (χ0v) is 35.0. The number of hydrogen-bond acceptors (Lipinski definition) is 3. The second kappa shape index (κ2) is 18.9.